The summed E-state index contributed by atoms with van der Waals surface area (Å²) in [7, 11) is 0. The quantitative estimate of drug-likeness (QED) is 0.915. The summed E-state index contributed by atoms with van der Waals surface area (Å²) in [6.45, 7) is 10.5. The molecule has 19 heavy (non-hydrogen) atoms. The van der Waals surface area contributed by atoms with Crippen LogP contribution in [0.15, 0.2) is 0 Å². The van der Waals surface area contributed by atoms with Gasteiger partial charge in [-0.05, 0) is 20.8 Å². The minimum Gasteiger partial charge on any atom is -0.379 e. The summed E-state index contributed by atoms with van der Waals surface area (Å²) in [5, 5.41) is 3.78. The van der Waals surface area contributed by atoms with E-state index in [1.807, 2.05) is 13.8 Å². The number of nitrogens with one attached hydrogen (secondary N) is 1. The first kappa shape index (κ1) is 14.5. The van der Waals surface area contributed by atoms with E-state index in [9.17, 15) is 0 Å². The first-order valence-corrected chi connectivity index (χ1v) is 7.01. The van der Waals surface area contributed by atoms with Gasteiger partial charge in [0.15, 0.2) is 11.0 Å². The molecule has 2 heterocycles. The highest BCUT2D eigenvalue weighted by Gasteiger charge is 2.15. The van der Waals surface area contributed by atoms with Gasteiger partial charge < -0.3 is 10.1 Å². The fourth-order valence-electron chi connectivity index (χ4n) is 2.12. The highest BCUT2D eigenvalue weighted by Crippen LogP contribution is 2.19. The van der Waals surface area contributed by atoms with Crippen molar-refractivity contribution in [3.05, 3.63) is 16.5 Å². The Labute approximate surface area is 119 Å². The molecule has 1 saturated heterocycles. The summed E-state index contributed by atoms with van der Waals surface area (Å²) in [5.74, 6) is 0.672. The maximum atomic E-state index is 6.12. The predicted octanol–water partition coefficient (Wildman–Crippen LogP) is 1.88. The third-order valence-corrected chi connectivity index (χ3v) is 3.55. The van der Waals surface area contributed by atoms with Crippen LogP contribution in [0, 0.1) is 13.8 Å². The lowest BCUT2D eigenvalue weighted by atomic mass is 10.3. The van der Waals surface area contributed by atoms with Crippen LogP contribution in [0.1, 0.15) is 18.3 Å². The smallest absolute Gasteiger partial charge is 0.171 e. The van der Waals surface area contributed by atoms with Crippen LogP contribution in [0.4, 0.5) is 5.82 Å². The Kier molecular flexibility index (Phi) is 4.96. The Morgan fingerprint density at radius 3 is 2.58 bits per heavy atom. The summed E-state index contributed by atoms with van der Waals surface area (Å²) < 4.78 is 5.34. The van der Waals surface area contributed by atoms with Crippen molar-refractivity contribution in [1.82, 2.24) is 14.9 Å². The van der Waals surface area contributed by atoms with E-state index in [1.54, 1.807) is 0 Å². The van der Waals surface area contributed by atoms with Crippen molar-refractivity contribution >= 4 is 17.4 Å². The Balaban J connectivity index is 1.94. The molecule has 0 radical (unpaired) electrons. The number of morpholine rings is 1. The van der Waals surface area contributed by atoms with Crippen molar-refractivity contribution in [3.63, 3.8) is 0 Å². The third kappa shape index (κ3) is 4.03. The number of ether oxygens (including phenoxy) is 1. The molecule has 1 aromatic rings. The average Bonchev–Trinajstić information content (AvgIpc) is 2.37. The van der Waals surface area contributed by atoms with Crippen molar-refractivity contribution < 1.29 is 4.74 Å². The van der Waals surface area contributed by atoms with Gasteiger partial charge in [-0.2, -0.15) is 0 Å². The van der Waals surface area contributed by atoms with E-state index in [0.29, 0.717) is 11.0 Å². The molecule has 106 valence electrons. The fourth-order valence-corrected chi connectivity index (χ4v) is 2.34. The number of aromatic nitrogens is 2. The van der Waals surface area contributed by atoms with Crippen LogP contribution in [0.3, 0.4) is 0 Å². The first-order chi connectivity index (χ1) is 9.06. The van der Waals surface area contributed by atoms with Gasteiger partial charge in [0.05, 0.1) is 24.6 Å². The highest BCUT2D eigenvalue weighted by molar-refractivity contribution is 6.31. The Hall–Kier alpha value is -0.910. The molecule has 1 unspecified atom stereocenters. The molecule has 0 spiro atoms. The van der Waals surface area contributed by atoms with E-state index in [2.05, 4.69) is 27.1 Å². The van der Waals surface area contributed by atoms with Gasteiger partial charge >= 0.3 is 0 Å². The molecule has 1 aliphatic heterocycles. The molecule has 2 rings (SSSR count). The molecule has 0 amide bonds. The van der Waals surface area contributed by atoms with Crippen molar-refractivity contribution in [2.75, 3.05) is 38.2 Å². The Morgan fingerprint density at radius 2 is 1.89 bits per heavy atom. The van der Waals surface area contributed by atoms with Gasteiger partial charge in [0.2, 0.25) is 0 Å². The number of nitrogens with zero attached hydrogens (tertiary/aromatic N) is 3. The first-order valence-electron chi connectivity index (χ1n) is 6.63. The lowest BCUT2D eigenvalue weighted by Crippen LogP contribution is -2.42. The van der Waals surface area contributed by atoms with Crippen LogP contribution in [0.2, 0.25) is 5.15 Å². The molecular weight excluding hydrogens is 264 g/mol. The molecule has 6 heteroatoms. The molecule has 0 aliphatic carbocycles. The number of hydrogen-bond donors (Lipinski definition) is 1. The van der Waals surface area contributed by atoms with E-state index in [1.165, 1.54) is 0 Å². The number of aryl methyl sites for hydroxylation is 2. The third-order valence-electron chi connectivity index (χ3n) is 3.28. The molecule has 0 saturated carbocycles. The van der Waals surface area contributed by atoms with Gasteiger partial charge in [-0.25, -0.2) is 9.97 Å². The molecule has 0 aromatic carbocycles. The van der Waals surface area contributed by atoms with Crippen molar-refractivity contribution in [1.29, 1.82) is 0 Å². The highest BCUT2D eigenvalue weighted by atomic mass is 35.5. The van der Waals surface area contributed by atoms with Gasteiger partial charge in [0.25, 0.3) is 0 Å². The zero-order valence-electron chi connectivity index (χ0n) is 11.7. The number of rotatable bonds is 4. The molecule has 1 fully saturated rings. The van der Waals surface area contributed by atoms with Gasteiger partial charge in [-0.1, -0.05) is 11.6 Å². The van der Waals surface area contributed by atoms with Gasteiger partial charge in [0, 0.05) is 25.7 Å². The normalized spacial score (nSPS) is 18.3. The van der Waals surface area contributed by atoms with Crippen LogP contribution < -0.4 is 5.32 Å². The van der Waals surface area contributed by atoms with Crippen LogP contribution in [0.25, 0.3) is 0 Å². The maximum absolute atomic E-state index is 6.12. The second kappa shape index (κ2) is 6.50. The number of hydrogen-bond acceptors (Lipinski definition) is 5. The summed E-state index contributed by atoms with van der Waals surface area (Å²) in [5.41, 5.74) is 1.78. The molecule has 1 aliphatic rings. The maximum Gasteiger partial charge on any atom is 0.171 e. The lowest BCUT2D eigenvalue weighted by molar-refractivity contribution is 0.0368. The number of anilines is 1. The molecule has 1 aromatic heterocycles. The summed E-state index contributed by atoms with van der Waals surface area (Å²) in [6, 6.07) is 0.270. The van der Waals surface area contributed by atoms with Crippen LogP contribution in [-0.4, -0.2) is 53.8 Å². The van der Waals surface area contributed by atoms with E-state index >= 15 is 0 Å². The fraction of sp³-hybridized carbons (Fsp3) is 0.692. The van der Waals surface area contributed by atoms with Crippen molar-refractivity contribution in [2.45, 2.75) is 26.8 Å². The summed E-state index contributed by atoms with van der Waals surface area (Å²) >= 11 is 6.12. The summed E-state index contributed by atoms with van der Waals surface area (Å²) in [4.78, 5) is 11.1. The van der Waals surface area contributed by atoms with Gasteiger partial charge in [0.1, 0.15) is 0 Å². The standard InChI is InChI=1S/C13H21ClN4O/c1-9(8-18-4-6-19-7-5-18)15-13-12(14)16-10(2)11(3)17-13/h9H,4-8H2,1-3H3,(H,15,17). The van der Waals surface area contributed by atoms with E-state index in [-0.39, 0.29) is 6.04 Å². The van der Waals surface area contributed by atoms with E-state index in [4.69, 9.17) is 16.3 Å². The largest absolute Gasteiger partial charge is 0.379 e. The van der Waals surface area contributed by atoms with Crippen molar-refractivity contribution in [3.8, 4) is 0 Å². The molecule has 5 nitrogen and oxygen atoms in total. The Bertz CT molecular complexity index is 435. The molecule has 0 bridgehead atoms. The average molecular weight is 285 g/mol. The van der Waals surface area contributed by atoms with Gasteiger partial charge in [-0.15, -0.1) is 0 Å². The zero-order valence-corrected chi connectivity index (χ0v) is 12.5. The minimum absolute atomic E-state index is 0.270. The SMILES string of the molecule is Cc1nc(Cl)c(NC(C)CN2CCOCC2)nc1C. The monoisotopic (exact) mass is 284 g/mol. The minimum atomic E-state index is 0.270. The van der Waals surface area contributed by atoms with E-state index in [0.717, 1.165) is 44.2 Å². The second-order valence-corrected chi connectivity index (χ2v) is 5.35. The van der Waals surface area contributed by atoms with Crippen molar-refractivity contribution in [2.24, 2.45) is 0 Å². The number of halogens is 1. The second-order valence-electron chi connectivity index (χ2n) is 4.99. The predicted molar refractivity (Wildman–Crippen MR) is 76.9 cm³/mol. The Morgan fingerprint density at radius 1 is 1.26 bits per heavy atom. The lowest BCUT2D eigenvalue weighted by Gasteiger charge is -2.29. The molecule has 1 N–H and O–H groups in total. The van der Waals surface area contributed by atoms with Crippen LogP contribution in [-0.2, 0) is 4.74 Å². The van der Waals surface area contributed by atoms with Gasteiger partial charge in [-0.3, -0.25) is 4.90 Å². The van der Waals surface area contributed by atoms with E-state index < -0.39 is 0 Å². The zero-order chi connectivity index (χ0) is 13.8. The molecule has 1 atom stereocenters. The topological polar surface area (TPSA) is 50.3 Å². The van der Waals surface area contributed by atoms with Crippen LogP contribution in [0.5, 0.6) is 0 Å². The summed E-state index contributed by atoms with van der Waals surface area (Å²) in [6.07, 6.45) is 0. The molecular formula is C13H21ClN4O. The van der Waals surface area contributed by atoms with Crippen LogP contribution >= 0.6 is 11.6 Å².